The van der Waals surface area contributed by atoms with Gasteiger partial charge in [-0.2, -0.15) is 0 Å². The predicted molar refractivity (Wildman–Crippen MR) is 70.6 cm³/mol. The standard InChI is InChI=1S/C13H27NO4/c1-5-17-9-7-14(8-10-18-6-2)11-12(3)13(15)16-4/h12H,5-11H2,1-4H3. The van der Waals surface area contributed by atoms with Crippen LogP contribution in [-0.2, 0) is 19.0 Å². The highest BCUT2D eigenvalue weighted by Crippen LogP contribution is 2.02. The van der Waals surface area contributed by atoms with Crippen molar-refractivity contribution in [2.45, 2.75) is 20.8 Å². The van der Waals surface area contributed by atoms with E-state index in [1.807, 2.05) is 20.8 Å². The minimum Gasteiger partial charge on any atom is -0.469 e. The van der Waals surface area contributed by atoms with Gasteiger partial charge in [0.1, 0.15) is 0 Å². The van der Waals surface area contributed by atoms with Crippen molar-refractivity contribution in [3.05, 3.63) is 0 Å². The maximum Gasteiger partial charge on any atom is 0.309 e. The van der Waals surface area contributed by atoms with Crippen molar-refractivity contribution in [2.75, 3.05) is 53.2 Å². The third-order valence-electron chi connectivity index (χ3n) is 2.65. The molecule has 0 saturated heterocycles. The third kappa shape index (κ3) is 8.44. The van der Waals surface area contributed by atoms with Crippen LogP contribution in [-0.4, -0.2) is 64.0 Å². The zero-order valence-electron chi connectivity index (χ0n) is 12.1. The van der Waals surface area contributed by atoms with E-state index in [0.29, 0.717) is 33.0 Å². The Labute approximate surface area is 110 Å². The second kappa shape index (κ2) is 11.4. The first-order chi connectivity index (χ1) is 8.65. The molecule has 0 fully saturated rings. The molecule has 108 valence electrons. The van der Waals surface area contributed by atoms with Gasteiger partial charge in [0.15, 0.2) is 0 Å². The first kappa shape index (κ1) is 17.4. The monoisotopic (exact) mass is 261 g/mol. The maximum absolute atomic E-state index is 11.4. The van der Waals surface area contributed by atoms with Crippen LogP contribution in [0.5, 0.6) is 0 Å². The average molecular weight is 261 g/mol. The van der Waals surface area contributed by atoms with E-state index in [1.54, 1.807) is 0 Å². The number of rotatable bonds is 11. The number of hydrogen-bond acceptors (Lipinski definition) is 5. The second-order valence-electron chi connectivity index (χ2n) is 4.12. The van der Waals surface area contributed by atoms with Crippen molar-refractivity contribution in [1.82, 2.24) is 4.90 Å². The van der Waals surface area contributed by atoms with Gasteiger partial charge in [-0.3, -0.25) is 9.69 Å². The van der Waals surface area contributed by atoms with E-state index in [1.165, 1.54) is 7.11 Å². The molecule has 0 bridgehead atoms. The number of carbonyl (C=O) groups excluding carboxylic acids is 1. The van der Waals surface area contributed by atoms with Gasteiger partial charge >= 0.3 is 5.97 Å². The number of nitrogens with zero attached hydrogens (tertiary/aromatic N) is 1. The molecule has 0 spiro atoms. The van der Waals surface area contributed by atoms with E-state index in [0.717, 1.165) is 13.1 Å². The summed E-state index contributed by atoms with van der Waals surface area (Å²) < 4.78 is 15.4. The first-order valence-corrected chi connectivity index (χ1v) is 6.61. The van der Waals surface area contributed by atoms with E-state index >= 15 is 0 Å². The third-order valence-corrected chi connectivity index (χ3v) is 2.65. The quantitative estimate of drug-likeness (QED) is 0.413. The molecule has 5 nitrogen and oxygen atoms in total. The van der Waals surface area contributed by atoms with Crippen molar-refractivity contribution < 1.29 is 19.0 Å². The maximum atomic E-state index is 11.4. The summed E-state index contributed by atoms with van der Waals surface area (Å²) in [5.74, 6) is -0.300. The highest BCUT2D eigenvalue weighted by molar-refractivity contribution is 5.72. The molecule has 0 aromatic carbocycles. The number of carbonyl (C=O) groups is 1. The Kier molecular flexibility index (Phi) is 11.0. The minimum atomic E-state index is -0.173. The fraction of sp³-hybridized carbons (Fsp3) is 0.923. The second-order valence-corrected chi connectivity index (χ2v) is 4.12. The molecule has 18 heavy (non-hydrogen) atoms. The Bertz CT molecular complexity index is 201. The van der Waals surface area contributed by atoms with Gasteiger partial charge in [-0.1, -0.05) is 6.92 Å². The predicted octanol–water partition coefficient (Wildman–Crippen LogP) is 1.17. The van der Waals surface area contributed by atoms with Crippen LogP contribution in [0.1, 0.15) is 20.8 Å². The number of esters is 1. The smallest absolute Gasteiger partial charge is 0.309 e. The summed E-state index contributed by atoms with van der Waals surface area (Å²) in [6.07, 6.45) is 0. The average Bonchev–Trinajstić information content (AvgIpc) is 2.37. The van der Waals surface area contributed by atoms with E-state index in [-0.39, 0.29) is 11.9 Å². The van der Waals surface area contributed by atoms with Crippen LogP contribution in [0, 0.1) is 5.92 Å². The molecule has 0 aliphatic rings. The van der Waals surface area contributed by atoms with Crippen LogP contribution in [0.15, 0.2) is 0 Å². The molecule has 0 aliphatic heterocycles. The lowest BCUT2D eigenvalue weighted by Gasteiger charge is -2.24. The van der Waals surface area contributed by atoms with Gasteiger partial charge in [0, 0.05) is 32.8 Å². The molecule has 0 aromatic heterocycles. The molecule has 0 saturated carbocycles. The lowest BCUT2D eigenvalue weighted by Crippen LogP contribution is -2.37. The molecule has 0 radical (unpaired) electrons. The van der Waals surface area contributed by atoms with Crippen LogP contribution in [0.4, 0.5) is 0 Å². The number of methoxy groups -OCH3 is 1. The summed E-state index contributed by atoms with van der Waals surface area (Å²) in [7, 11) is 1.42. The summed E-state index contributed by atoms with van der Waals surface area (Å²) in [5, 5.41) is 0. The Morgan fingerprint density at radius 2 is 1.61 bits per heavy atom. The normalized spacial score (nSPS) is 12.7. The van der Waals surface area contributed by atoms with Crippen LogP contribution in [0.2, 0.25) is 0 Å². The summed E-state index contributed by atoms with van der Waals surface area (Å²) in [6.45, 7) is 10.9. The molecule has 0 amide bonds. The fourth-order valence-electron chi connectivity index (χ4n) is 1.63. The van der Waals surface area contributed by atoms with E-state index in [9.17, 15) is 4.79 Å². The Morgan fingerprint density at radius 3 is 2.00 bits per heavy atom. The molecule has 1 atom stereocenters. The first-order valence-electron chi connectivity index (χ1n) is 6.61. The minimum absolute atomic E-state index is 0.127. The van der Waals surface area contributed by atoms with Crippen molar-refractivity contribution in [1.29, 1.82) is 0 Å². The summed E-state index contributed by atoms with van der Waals surface area (Å²) >= 11 is 0. The van der Waals surface area contributed by atoms with Gasteiger partial charge in [-0.25, -0.2) is 0 Å². The van der Waals surface area contributed by atoms with Crippen molar-refractivity contribution in [2.24, 2.45) is 5.92 Å². The molecular formula is C13H27NO4. The van der Waals surface area contributed by atoms with Crippen LogP contribution in [0.25, 0.3) is 0 Å². The van der Waals surface area contributed by atoms with Crippen molar-refractivity contribution >= 4 is 5.97 Å². The Morgan fingerprint density at radius 1 is 1.11 bits per heavy atom. The highest BCUT2D eigenvalue weighted by Gasteiger charge is 2.17. The van der Waals surface area contributed by atoms with Crippen molar-refractivity contribution in [3.8, 4) is 0 Å². The lowest BCUT2D eigenvalue weighted by molar-refractivity contribution is -0.145. The van der Waals surface area contributed by atoms with Crippen LogP contribution < -0.4 is 0 Å². The Hall–Kier alpha value is -0.650. The van der Waals surface area contributed by atoms with E-state index in [2.05, 4.69) is 4.90 Å². The van der Waals surface area contributed by atoms with Gasteiger partial charge in [-0.05, 0) is 13.8 Å². The molecule has 0 heterocycles. The number of ether oxygens (including phenoxy) is 3. The largest absolute Gasteiger partial charge is 0.469 e. The lowest BCUT2D eigenvalue weighted by atomic mass is 10.1. The van der Waals surface area contributed by atoms with E-state index < -0.39 is 0 Å². The zero-order valence-corrected chi connectivity index (χ0v) is 12.1. The molecule has 0 N–H and O–H groups in total. The molecule has 1 unspecified atom stereocenters. The van der Waals surface area contributed by atoms with Gasteiger partial charge in [0.25, 0.3) is 0 Å². The molecule has 5 heteroatoms. The molecule has 0 aromatic rings. The molecule has 0 aliphatic carbocycles. The summed E-state index contributed by atoms with van der Waals surface area (Å²) in [6, 6.07) is 0. The topological polar surface area (TPSA) is 48.0 Å². The number of hydrogen-bond donors (Lipinski definition) is 0. The summed E-state index contributed by atoms with van der Waals surface area (Å²) in [5.41, 5.74) is 0. The van der Waals surface area contributed by atoms with Gasteiger partial charge in [0.2, 0.25) is 0 Å². The highest BCUT2D eigenvalue weighted by atomic mass is 16.5. The molecular weight excluding hydrogens is 234 g/mol. The molecule has 0 rings (SSSR count). The van der Waals surface area contributed by atoms with Gasteiger partial charge < -0.3 is 14.2 Å². The van der Waals surface area contributed by atoms with Crippen LogP contribution in [0.3, 0.4) is 0 Å². The van der Waals surface area contributed by atoms with Gasteiger partial charge in [-0.15, -0.1) is 0 Å². The van der Waals surface area contributed by atoms with Crippen LogP contribution >= 0.6 is 0 Å². The fourth-order valence-corrected chi connectivity index (χ4v) is 1.63. The zero-order chi connectivity index (χ0) is 13.8. The van der Waals surface area contributed by atoms with E-state index in [4.69, 9.17) is 14.2 Å². The van der Waals surface area contributed by atoms with Crippen molar-refractivity contribution in [3.63, 3.8) is 0 Å². The summed E-state index contributed by atoms with van der Waals surface area (Å²) in [4.78, 5) is 13.6. The Balaban J connectivity index is 4.05. The SMILES string of the molecule is CCOCCN(CCOCC)CC(C)C(=O)OC. The van der Waals surface area contributed by atoms with Gasteiger partial charge in [0.05, 0.1) is 26.2 Å².